The van der Waals surface area contributed by atoms with Crippen molar-refractivity contribution in [3.8, 4) is 5.75 Å². The minimum absolute atomic E-state index is 0.162. The number of aliphatic hydroxyl groups excluding tert-OH is 1. The molecule has 0 radical (unpaired) electrons. The molecule has 2 rings (SSSR count). The third-order valence-electron chi connectivity index (χ3n) is 3.10. The van der Waals surface area contributed by atoms with Crippen LogP contribution in [0.15, 0.2) is 22.7 Å². The van der Waals surface area contributed by atoms with E-state index >= 15 is 0 Å². The first-order valence-corrected chi connectivity index (χ1v) is 6.71. The van der Waals surface area contributed by atoms with Gasteiger partial charge in [-0.05, 0) is 53.0 Å². The topological polar surface area (TPSA) is 32.7 Å². The molecule has 4 heteroatoms. The minimum Gasteiger partial charge on any atom is -0.496 e. The van der Waals surface area contributed by atoms with Crippen molar-refractivity contribution < 1.29 is 9.84 Å². The lowest BCUT2D eigenvalue weighted by molar-refractivity contribution is 0.0668. The lowest BCUT2D eigenvalue weighted by Gasteiger charge is -2.30. The molecule has 1 fully saturated rings. The zero-order chi connectivity index (χ0) is 12.3. The van der Waals surface area contributed by atoms with Crippen LogP contribution in [-0.2, 0) is 6.54 Å². The van der Waals surface area contributed by atoms with E-state index < -0.39 is 0 Å². The van der Waals surface area contributed by atoms with E-state index in [4.69, 9.17) is 4.74 Å². The maximum Gasteiger partial charge on any atom is 0.133 e. The number of β-amino-alcohol motifs (C(OH)–C–C–N with tert-alkyl or cyclic N) is 1. The standard InChI is InChI=1S/C13H18BrNO2/c1-17-13-5-4-10(7-12(13)14)8-15-6-2-3-11(16)9-15/h4-5,7,11,16H,2-3,6,8-9H2,1H3/t11-/m0/s1. The molecule has 1 heterocycles. The summed E-state index contributed by atoms with van der Waals surface area (Å²) >= 11 is 3.49. The van der Waals surface area contributed by atoms with Gasteiger partial charge in [-0.15, -0.1) is 0 Å². The average Bonchev–Trinajstić information content (AvgIpc) is 2.29. The quantitative estimate of drug-likeness (QED) is 0.930. The van der Waals surface area contributed by atoms with Crippen LogP contribution >= 0.6 is 15.9 Å². The average molecular weight is 300 g/mol. The molecule has 0 aromatic heterocycles. The Morgan fingerprint density at radius 1 is 1.53 bits per heavy atom. The molecule has 1 aliphatic heterocycles. The fraction of sp³-hybridized carbons (Fsp3) is 0.538. The van der Waals surface area contributed by atoms with Gasteiger partial charge in [0.25, 0.3) is 0 Å². The predicted molar refractivity (Wildman–Crippen MR) is 71.2 cm³/mol. The molecule has 0 saturated carbocycles. The highest BCUT2D eigenvalue weighted by molar-refractivity contribution is 9.10. The highest BCUT2D eigenvalue weighted by Crippen LogP contribution is 2.26. The third-order valence-corrected chi connectivity index (χ3v) is 3.72. The van der Waals surface area contributed by atoms with Gasteiger partial charge in [0, 0.05) is 13.1 Å². The normalized spacial score (nSPS) is 21.5. The number of hydrogen-bond donors (Lipinski definition) is 1. The number of aliphatic hydroxyl groups is 1. The van der Waals surface area contributed by atoms with Gasteiger partial charge in [-0.1, -0.05) is 6.07 Å². The number of piperidine rings is 1. The summed E-state index contributed by atoms with van der Waals surface area (Å²) in [5.74, 6) is 0.854. The van der Waals surface area contributed by atoms with Gasteiger partial charge in [-0.25, -0.2) is 0 Å². The fourth-order valence-corrected chi connectivity index (χ4v) is 2.83. The summed E-state index contributed by atoms with van der Waals surface area (Å²) in [6.45, 7) is 2.74. The first kappa shape index (κ1) is 12.9. The molecule has 0 spiro atoms. The Kier molecular flexibility index (Phi) is 4.42. The summed E-state index contributed by atoms with van der Waals surface area (Å²) in [7, 11) is 1.67. The van der Waals surface area contributed by atoms with Crippen LogP contribution < -0.4 is 4.74 Å². The SMILES string of the molecule is COc1ccc(CN2CCC[C@H](O)C2)cc1Br. The van der Waals surface area contributed by atoms with Crippen molar-refractivity contribution in [1.29, 1.82) is 0 Å². The van der Waals surface area contributed by atoms with Gasteiger partial charge < -0.3 is 9.84 Å². The van der Waals surface area contributed by atoms with Crippen molar-refractivity contribution in [1.82, 2.24) is 4.90 Å². The maximum absolute atomic E-state index is 9.62. The molecule has 1 aromatic carbocycles. The second-order valence-electron chi connectivity index (χ2n) is 4.50. The van der Waals surface area contributed by atoms with Gasteiger partial charge in [0.05, 0.1) is 17.7 Å². The summed E-state index contributed by atoms with van der Waals surface area (Å²) in [5.41, 5.74) is 1.24. The molecule has 3 nitrogen and oxygen atoms in total. The molecule has 0 aliphatic carbocycles. The summed E-state index contributed by atoms with van der Waals surface area (Å²) in [6.07, 6.45) is 1.85. The monoisotopic (exact) mass is 299 g/mol. The number of nitrogens with zero attached hydrogens (tertiary/aromatic N) is 1. The molecule has 0 unspecified atom stereocenters. The number of rotatable bonds is 3. The van der Waals surface area contributed by atoms with Gasteiger partial charge in [0.15, 0.2) is 0 Å². The van der Waals surface area contributed by atoms with Crippen LogP contribution in [0, 0.1) is 0 Å². The highest BCUT2D eigenvalue weighted by Gasteiger charge is 2.17. The Morgan fingerprint density at radius 2 is 2.35 bits per heavy atom. The fourth-order valence-electron chi connectivity index (χ4n) is 2.24. The molecule has 1 atom stereocenters. The zero-order valence-corrected chi connectivity index (χ0v) is 11.6. The van der Waals surface area contributed by atoms with Crippen LogP contribution in [0.25, 0.3) is 0 Å². The number of ether oxygens (including phenoxy) is 1. The second kappa shape index (κ2) is 5.85. The van der Waals surface area contributed by atoms with Crippen molar-refractivity contribution in [3.63, 3.8) is 0 Å². The first-order chi connectivity index (χ1) is 8.19. The van der Waals surface area contributed by atoms with Crippen molar-refractivity contribution in [3.05, 3.63) is 28.2 Å². The van der Waals surface area contributed by atoms with E-state index in [-0.39, 0.29) is 6.10 Å². The molecule has 1 saturated heterocycles. The molecule has 1 aliphatic rings. The van der Waals surface area contributed by atoms with Crippen molar-refractivity contribution in [2.75, 3.05) is 20.2 Å². The van der Waals surface area contributed by atoms with E-state index in [0.29, 0.717) is 0 Å². The van der Waals surface area contributed by atoms with E-state index in [1.165, 1.54) is 5.56 Å². The van der Waals surface area contributed by atoms with Crippen LogP contribution in [0.2, 0.25) is 0 Å². The predicted octanol–water partition coefficient (Wildman–Crippen LogP) is 2.41. The second-order valence-corrected chi connectivity index (χ2v) is 5.35. The molecular formula is C13H18BrNO2. The van der Waals surface area contributed by atoms with Gasteiger partial charge >= 0.3 is 0 Å². The van der Waals surface area contributed by atoms with E-state index in [1.807, 2.05) is 6.07 Å². The van der Waals surface area contributed by atoms with Crippen LogP contribution in [-0.4, -0.2) is 36.3 Å². The number of benzene rings is 1. The van der Waals surface area contributed by atoms with Crippen molar-refractivity contribution >= 4 is 15.9 Å². The molecule has 1 aromatic rings. The van der Waals surface area contributed by atoms with E-state index in [9.17, 15) is 5.11 Å². The van der Waals surface area contributed by atoms with Crippen LogP contribution in [0.5, 0.6) is 5.75 Å². The minimum atomic E-state index is -0.162. The van der Waals surface area contributed by atoms with E-state index in [0.717, 1.165) is 42.7 Å². The Hall–Kier alpha value is -0.580. The van der Waals surface area contributed by atoms with Crippen molar-refractivity contribution in [2.24, 2.45) is 0 Å². The maximum atomic E-state index is 9.62. The number of methoxy groups -OCH3 is 1. The van der Waals surface area contributed by atoms with Gasteiger partial charge in [0.1, 0.15) is 5.75 Å². The Labute approximate surface area is 111 Å². The number of likely N-dealkylation sites (tertiary alicyclic amines) is 1. The lowest BCUT2D eigenvalue weighted by atomic mass is 10.1. The highest BCUT2D eigenvalue weighted by atomic mass is 79.9. The van der Waals surface area contributed by atoms with E-state index in [1.54, 1.807) is 7.11 Å². The summed E-state index contributed by atoms with van der Waals surface area (Å²) in [4.78, 5) is 2.29. The lowest BCUT2D eigenvalue weighted by Crippen LogP contribution is -2.37. The molecule has 94 valence electrons. The van der Waals surface area contributed by atoms with Gasteiger partial charge in [-0.2, -0.15) is 0 Å². The first-order valence-electron chi connectivity index (χ1n) is 5.92. The number of hydrogen-bond acceptors (Lipinski definition) is 3. The molecule has 0 amide bonds. The third kappa shape index (κ3) is 3.44. The zero-order valence-electron chi connectivity index (χ0n) is 10.0. The van der Waals surface area contributed by atoms with E-state index in [2.05, 4.69) is 33.0 Å². The molecular weight excluding hydrogens is 282 g/mol. The van der Waals surface area contributed by atoms with Crippen LogP contribution in [0.4, 0.5) is 0 Å². The van der Waals surface area contributed by atoms with Crippen LogP contribution in [0.3, 0.4) is 0 Å². The van der Waals surface area contributed by atoms with Crippen LogP contribution in [0.1, 0.15) is 18.4 Å². The molecule has 1 N–H and O–H groups in total. The number of halogens is 1. The Morgan fingerprint density at radius 3 is 3.00 bits per heavy atom. The summed E-state index contributed by atoms with van der Waals surface area (Å²) < 4.78 is 6.19. The Bertz CT molecular complexity index is 384. The largest absolute Gasteiger partial charge is 0.496 e. The molecule has 0 bridgehead atoms. The van der Waals surface area contributed by atoms with Gasteiger partial charge in [-0.3, -0.25) is 4.90 Å². The van der Waals surface area contributed by atoms with Crippen molar-refractivity contribution in [2.45, 2.75) is 25.5 Å². The summed E-state index contributed by atoms with van der Waals surface area (Å²) in [5, 5.41) is 9.62. The van der Waals surface area contributed by atoms with Gasteiger partial charge in [0.2, 0.25) is 0 Å². The summed E-state index contributed by atoms with van der Waals surface area (Å²) in [6, 6.07) is 6.13. The molecule has 17 heavy (non-hydrogen) atoms. The Balaban J connectivity index is 2.00. The smallest absolute Gasteiger partial charge is 0.133 e.